The second-order valence-corrected chi connectivity index (χ2v) is 7.30. The van der Waals surface area contributed by atoms with E-state index in [2.05, 4.69) is 36.1 Å². The molecule has 0 aromatic heterocycles. The molecule has 2 heterocycles. The number of hydrogen-bond acceptors (Lipinski definition) is 2. The maximum Gasteiger partial charge on any atom is 0.246 e. The van der Waals surface area contributed by atoms with Gasteiger partial charge in [0.1, 0.15) is 6.17 Å². The van der Waals surface area contributed by atoms with Crippen molar-refractivity contribution in [2.45, 2.75) is 32.0 Å². The zero-order valence-electron chi connectivity index (χ0n) is 13.4. The summed E-state index contributed by atoms with van der Waals surface area (Å²) in [5, 5.41) is 0.969. The zero-order chi connectivity index (χ0) is 16.8. The molecule has 3 nitrogen and oxygen atoms in total. The monoisotopic (exact) mass is 360 g/mol. The standard InChI is InChI=1S/C19H18Cl2N2O/c1-12-4-6-13(7-5-12)18-22-10-2-3-17(22)19(24)23(18)14-8-9-15(20)16(21)11-14/h4-9,11,17-18H,2-3,10H2,1H3/t17-,18-/m1/s1. The summed E-state index contributed by atoms with van der Waals surface area (Å²) in [5.41, 5.74) is 3.14. The van der Waals surface area contributed by atoms with Crippen molar-refractivity contribution in [3.63, 3.8) is 0 Å². The van der Waals surface area contributed by atoms with Crippen LogP contribution < -0.4 is 4.90 Å². The average Bonchev–Trinajstić information content (AvgIpc) is 3.14. The molecule has 0 radical (unpaired) electrons. The van der Waals surface area contributed by atoms with E-state index in [1.54, 1.807) is 12.1 Å². The van der Waals surface area contributed by atoms with E-state index in [0.29, 0.717) is 10.0 Å². The molecule has 5 heteroatoms. The van der Waals surface area contributed by atoms with Crippen LogP contribution in [0.1, 0.15) is 30.1 Å². The molecule has 0 N–H and O–H groups in total. The highest BCUT2D eigenvalue weighted by atomic mass is 35.5. The number of rotatable bonds is 2. The number of amides is 1. The fourth-order valence-electron chi connectivity index (χ4n) is 3.76. The summed E-state index contributed by atoms with van der Waals surface area (Å²) in [5.74, 6) is 0.150. The summed E-state index contributed by atoms with van der Waals surface area (Å²) in [4.78, 5) is 17.2. The molecule has 0 spiro atoms. The van der Waals surface area contributed by atoms with Gasteiger partial charge in [0.2, 0.25) is 5.91 Å². The van der Waals surface area contributed by atoms with Gasteiger partial charge in [-0.1, -0.05) is 53.0 Å². The molecule has 0 aliphatic carbocycles. The van der Waals surface area contributed by atoms with Crippen LogP contribution in [-0.4, -0.2) is 23.4 Å². The number of fused-ring (bicyclic) bond motifs is 1. The third kappa shape index (κ3) is 2.52. The summed E-state index contributed by atoms with van der Waals surface area (Å²) < 4.78 is 0. The SMILES string of the molecule is Cc1ccc([C@H]2N(c3ccc(Cl)c(Cl)c3)C(=O)[C@H]3CCCN32)cc1. The molecule has 2 atom stereocenters. The van der Waals surface area contributed by atoms with Gasteiger partial charge in [-0.05, 0) is 43.5 Å². The van der Waals surface area contributed by atoms with Gasteiger partial charge in [0, 0.05) is 12.2 Å². The number of nitrogens with zero attached hydrogens (tertiary/aromatic N) is 2. The number of halogens is 2. The first-order valence-corrected chi connectivity index (χ1v) is 8.92. The largest absolute Gasteiger partial charge is 0.290 e. The lowest BCUT2D eigenvalue weighted by Crippen LogP contribution is -2.32. The lowest BCUT2D eigenvalue weighted by Gasteiger charge is -2.30. The van der Waals surface area contributed by atoms with Gasteiger partial charge in [0.05, 0.1) is 16.1 Å². The molecular formula is C19H18Cl2N2O. The highest BCUT2D eigenvalue weighted by Gasteiger charge is 2.49. The molecule has 0 unspecified atom stereocenters. The Morgan fingerprint density at radius 2 is 1.79 bits per heavy atom. The first kappa shape index (κ1) is 15.9. The first-order chi connectivity index (χ1) is 11.6. The maximum absolute atomic E-state index is 13.0. The van der Waals surface area contributed by atoms with Gasteiger partial charge in [0.25, 0.3) is 0 Å². The van der Waals surface area contributed by atoms with Crippen molar-refractivity contribution in [2.24, 2.45) is 0 Å². The molecule has 1 amide bonds. The topological polar surface area (TPSA) is 23.6 Å². The van der Waals surface area contributed by atoms with Crippen LogP contribution in [0.3, 0.4) is 0 Å². The van der Waals surface area contributed by atoms with Crippen LogP contribution in [0.4, 0.5) is 5.69 Å². The van der Waals surface area contributed by atoms with Crippen LogP contribution in [0.15, 0.2) is 42.5 Å². The minimum atomic E-state index is -0.0807. The van der Waals surface area contributed by atoms with E-state index in [0.717, 1.165) is 30.6 Å². The van der Waals surface area contributed by atoms with Gasteiger partial charge in [-0.25, -0.2) is 0 Å². The predicted molar refractivity (Wildman–Crippen MR) is 97.6 cm³/mol. The van der Waals surface area contributed by atoms with E-state index in [1.807, 2.05) is 11.0 Å². The van der Waals surface area contributed by atoms with Gasteiger partial charge >= 0.3 is 0 Å². The molecule has 2 saturated heterocycles. The Kier molecular flexibility index (Phi) is 4.03. The number of carbonyl (C=O) groups is 1. The highest BCUT2D eigenvalue weighted by Crippen LogP contribution is 2.43. The molecular weight excluding hydrogens is 343 g/mol. The normalized spacial score (nSPS) is 23.8. The van der Waals surface area contributed by atoms with Crippen LogP contribution in [0.5, 0.6) is 0 Å². The van der Waals surface area contributed by atoms with Crippen LogP contribution in [0.2, 0.25) is 10.0 Å². The van der Waals surface area contributed by atoms with Crippen molar-refractivity contribution >= 4 is 34.8 Å². The quantitative estimate of drug-likeness (QED) is 0.766. The first-order valence-electron chi connectivity index (χ1n) is 8.17. The van der Waals surface area contributed by atoms with Gasteiger partial charge in [-0.15, -0.1) is 0 Å². The van der Waals surface area contributed by atoms with E-state index < -0.39 is 0 Å². The van der Waals surface area contributed by atoms with Gasteiger partial charge in [0.15, 0.2) is 0 Å². The van der Waals surface area contributed by atoms with Gasteiger partial charge in [-0.3, -0.25) is 14.6 Å². The second-order valence-electron chi connectivity index (χ2n) is 6.49. The minimum absolute atomic E-state index is 0.0363. The highest BCUT2D eigenvalue weighted by molar-refractivity contribution is 6.42. The fourth-order valence-corrected chi connectivity index (χ4v) is 4.05. The Bertz CT molecular complexity index is 790. The molecule has 2 fully saturated rings. The van der Waals surface area contributed by atoms with E-state index in [9.17, 15) is 4.79 Å². The Morgan fingerprint density at radius 1 is 1.04 bits per heavy atom. The van der Waals surface area contributed by atoms with Crippen molar-refractivity contribution in [1.82, 2.24) is 4.90 Å². The molecule has 2 aromatic rings. The van der Waals surface area contributed by atoms with Gasteiger partial charge < -0.3 is 0 Å². The third-order valence-electron chi connectivity index (χ3n) is 4.93. The van der Waals surface area contributed by atoms with Crippen molar-refractivity contribution in [3.8, 4) is 0 Å². The van der Waals surface area contributed by atoms with Crippen LogP contribution in [-0.2, 0) is 4.79 Å². The lowest BCUT2D eigenvalue weighted by molar-refractivity contribution is -0.119. The number of carbonyl (C=O) groups excluding carboxylic acids is 1. The average molecular weight is 361 g/mol. The molecule has 2 aliphatic heterocycles. The second kappa shape index (κ2) is 6.07. The van der Waals surface area contributed by atoms with Crippen molar-refractivity contribution in [1.29, 1.82) is 0 Å². The Hall–Kier alpha value is -1.55. The molecule has 2 aromatic carbocycles. The summed E-state index contributed by atoms with van der Waals surface area (Å²) in [6, 6.07) is 13.8. The molecule has 0 saturated carbocycles. The van der Waals surface area contributed by atoms with Crippen molar-refractivity contribution < 1.29 is 4.79 Å². The Morgan fingerprint density at radius 3 is 2.50 bits per heavy atom. The number of benzene rings is 2. The summed E-state index contributed by atoms with van der Waals surface area (Å²) in [7, 11) is 0. The maximum atomic E-state index is 13.0. The Labute approximate surface area is 151 Å². The van der Waals surface area contributed by atoms with Crippen molar-refractivity contribution in [3.05, 3.63) is 63.6 Å². The number of hydrogen-bond donors (Lipinski definition) is 0. The third-order valence-corrected chi connectivity index (χ3v) is 5.67. The molecule has 4 rings (SSSR count). The van der Waals surface area contributed by atoms with Gasteiger partial charge in [-0.2, -0.15) is 0 Å². The minimum Gasteiger partial charge on any atom is -0.290 e. The van der Waals surface area contributed by atoms with E-state index in [1.165, 1.54) is 5.56 Å². The fraction of sp³-hybridized carbons (Fsp3) is 0.316. The molecule has 124 valence electrons. The summed E-state index contributed by atoms with van der Waals surface area (Å²) >= 11 is 12.2. The van der Waals surface area contributed by atoms with Crippen LogP contribution >= 0.6 is 23.2 Å². The van der Waals surface area contributed by atoms with E-state index in [4.69, 9.17) is 23.2 Å². The zero-order valence-corrected chi connectivity index (χ0v) is 14.9. The smallest absolute Gasteiger partial charge is 0.246 e. The van der Waals surface area contributed by atoms with E-state index in [-0.39, 0.29) is 18.1 Å². The summed E-state index contributed by atoms with van der Waals surface area (Å²) in [6.07, 6.45) is 1.90. The van der Waals surface area contributed by atoms with Crippen LogP contribution in [0.25, 0.3) is 0 Å². The Balaban J connectivity index is 1.81. The van der Waals surface area contributed by atoms with Crippen molar-refractivity contribution in [2.75, 3.05) is 11.4 Å². The van der Waals surface area contributed by atoms with E-state index >= 15 is 0 Å². The predicted octanol–water partition coefficient (Wildman–Crippen LogP) is 4.81. The number of anilines is 1. The summed E-state index contributed by atoms with van der Waals surface area (Å²) in [6.45, 7) is 3.01. The molecule has 2 aliphatic rings. The lowest BCUT2D eigenvalue weighted by atomic mass is 10.1. The number of aryl methyl sites for hydroxylation is 1. The van der Waals surface area contributed by atoms with Crippen LogP contribution in [0, 0.1) is 6.92 Å². The molecule has 0 bridgehead atoms. The molecule has 24 heavy (non-hydrogen) atoms.